The molecule has 14 valence electrons. The number of rotatable bonds is 0. The molecule has 0 spiro atoms. The van der Waals surface area contributed by atoms with Crippen molar-refractivity contribution in [2.75, 3.05) is 0 Å². The average molecular weight is 219 g/mol. The third kappa shape index (κ3) is 9.06. The molecule has 0 saturated carbocycles. The van der Waals surface area contributed by atoms with Crippen molar-refractivity contribution < 1.29 is 0 Å². The molecule has 0 aromatic rings. The normalized spacial score (nSPS) is 0. The van der Waals surface area contributed by atoms with Gasteiger partial charge in [0.1, 0.15) is 0 Å². The second kappa shape index (κ2) is 16.1. The Kier molecular flexibility index (Phi) is 105. The molecule has 4 heavy (non-hydrogen) atoms. The molecule has 4 heteroatoms. The molecule has 0 amide bonds. The van der Waals surface area contributed by atoms with E-state index in [0.29, 0.717) is 0 Å². The van der Waals surface area contributed by atoms with Crippen LogP contribution in [0.2, 0.25) is 0 Å². The molecular weight excluding hydrogens is 215 g/mol. The van der Waals surface area contributed by atoms with Crippen LogP contribution < -0.4 is 0 Å². The summed E-state index contributed by atoms with van der Waals surface area (Å²) in [7, 11) is 0. The van der Waals surface area contributed by atoms with E-state index < -0.39 is 0 Å². The van der Waals surface area contributed by atoms with E-state index in [9.17, 15) is 0 Å². The van der Waals surface area contributed by atoms with Crippen LogP contribution in [-0.4, -0.2) is 112 Å². The number of hydrogen-bond donors (Lipinski definition) is 0. The van der Waals surface area contributed by atoms with Gasteiger partial charge in [-0.15, -0.1) is 0 Å². The van der Waals surface area contributed by atoms with Crippen molar-refractivity contribution in [2.24, 2.45) is 0 Å². The molecular formula is H4AlBBaCa. The van der Waals surface area contributed by atoms with E-state index in [-0.39, 0.29) is 112 Å². The topological polar surface area (TPSA) is 0 Å². The van der Waals surface area contributed by atoms with E-state index in [0.717, 1.165) is 0 Å². The van der Waals surface area contributed by atoms with Crippen molar-refractivity contribution in [3.05, 3.63) is 0 Å². The SMILES string of the molecule is [Al].[B].[BaH2].[CaH2]. The maximum absolute atomic E-state index is 0. The van der Waals surface area contributed by atoms with E-state index in [1.54, 1.807) is 0 Å². The van der Waals surface area contributed by atoms with Gasteiger partial charge in [-0.1, -0.05) is 0 Å². The van der Waals surface area contributed by atoms with Crippen LogP contribution in [0.5, 0.6) is 0 Å². The summed E-state index contributed by atoms with van der Waals surface area (Å²) in [4.78, 5) is 0. The Morgan fingerprint density at radius 3 is 1.00 bits per heavy atom. The van der Waals surface area contributed by atoms with Crippen LogP contribution in [0.3, 0.4) is 0 Å². The molecule has 0 nitrogen and oxygen atoms in total. The number of hydrogen-bond acceptors (Lipinski definition) is 0. The van der Waals surface area contributed by atoms with Gasteiger partial charge in [-0.25, -0.2) is 0 Å². The Balaban J connectivity index is 0. The Morgan fingerprint density at radius 2 is 1.00 bits per heavy atom. The van der Waals surface area contributed by atoms with Gasteiger partial charge in [0.25, 0.3) is 0 Å². The zero-order valence-corrected chi connectivity index (χ0v) is 2.31. The summed E-state index contributed by atoms with van der Waals surface area (Å²) >= 11 is 0. The van der Waals surface area contributed by atoms with Gasteiger partial charge in [-0.2, -0.15) is 0 Å². The van der Waals surface area contributed by atoms with Gasteiger partial charge in [-0.3, -0.25) is 0 Å². The molecule has 0 fully saturated rings. The molecule has 0 aromatic carbocycles. The Hall–Kier alpha value is 3.43. The molecule has 0 atom stereocenters. The van der Waals surface area contributed by atoms with Crippen LogP contribution in [0, 0.1) is 0 Å². The van der Waals surface area contributed by atoms with Crippen molar-refractivity contribution in [1.29, 1.82) is 0 Å². The van der Waals surface area contributed by atoms with Crippen LogP contribution in [0.1, 0.15) is 0 Å². The van der Waals surface area contributed by atoms with E-state index >= 15 is 0 Å². The summed E-state index contributed by atoms with van der Waals surface area (Å²) in [6, 6.07) is 0. The Bertz CT molecular complexity index is 8.00. The predicted octanol–water partition coefficient (Wildman–Crippen LogP) is -2.59. The van der Waals surface area contributed by atoms with E-state index in [4.69, 9.17) is 0 Å². The third-order valence-corrected chi connectivity index (χ3v) is 0. The summed E-state index contributed by atoms with van der Waals surface area (Å²) in [5.41, 5.74) is 0. The molecule has 0 heterocycles. The predicted molar refractivity (Wildman–Crippen MR) is 28.6 cm³/mol. The van der Waals surface area contributed by atoms with Gasteiger partial charge < -0.3 is 0 Å². The van der Waals surface area contributed by atoms with Gasteiger partial charge in [-0.05, 0) is 0 Å². The first-order valence-electron chi connectivity index (χ1n) is 0. The first-order chi connectivity index (χ1) is 0. The summed E-state index contributed by atoms with van der Waals surface area (Å²) < 4.78 is 0. The van der Waals surface area contributed by atoms with E-state index in [1.165, 1.54) is 0 Å². The van der Waals surface area contributed by atoms with Crippen LogP contribution in [0.4, 0.5) is 0 Å². The fourth-order valence-electron chi connectivity index (χ4n) is 0. The van der Waals surface area contributed by atoms with Crippen molar-refractivity contribution in [3.63, 3.8) is 0 Å². The van der Waals surface area contributed by atoms with Gasteiger partial charge in [0.2, 0.25) is 0 Å². The van der Waals surface area contributed by atoms with E-state index in [1.807, 2.05) is 0 Å². The monoisotopic (exact) mass is 220 g/mol. The van der Waals surface area contributed by atoms with Crippen molar-refractivity contribution in [3.8, 4) is 0 Å². The molecule has 0 aliphatic carbocycles. The zero-order valence-electron chi connectivity index (χ0n) is 1.15. The molecule has 6 radical (unpaired) electrons. The van der Waals surface area contributed by atoms with Crippen molar-refractivity contribution in [2.45, 2.75) is 0 Å². The van der Waals surface area contributed by atoms with E-state index in [2.05, 4.69) is 0 Å². The van der Waals surface area contributed by atoms with Gasteiger partial charge in [0.15, 0.2) is 0 Å². The Morgan fingerprint density at radius 1 is 1.00 bits per heavy atom. The molecule has 0 bridgehead atoms. The fraction of sp³-hybridized carbons (Fsp3) is 0. The fourth-order valence-corrected chi connectivity index (χ4v) is 0. The maximum atomic E-state index is 0. The first-order valence-corrected chi connectivity index (χ1v) is 0. The third-order valence-electron chi connectivity index (χ3n) is 0. The second-order valence-corrected chi connectivity index (χ2v) is 0. The zero-order chi connectivity index (χ0) is 0. The minimum atomic E-state index is 0. The molecule has 0 rings (SSSR count). The van der Waals surface area contributed by atoms with Gasteiger partial charge in [0, 0.05) is 25.8 Å². The van der Waals surface area contributed by atoms with Crippen LogP contribution >= 0.6 is 0 Å². The molecule has 0 saturated heterocycles. The van der Waals surface area contributed by atoms with Crippen molar-refractivity contribution >= 4 is 112 Å². The van der Waals surface area contributed by atoms with Crippen LogP contribution in [0.15, 0.2) is 0 Å². The second-order valence-electron chi connectivity index (χ2n) is 0. The standard InChI is InChI=1S/Al.B.Ba.Ca.4H. The quantitative estimate of drug-likeness (QED) is 0.392. The summed E-state index contributed by atoms with van der Waals surface area (Å²) in [6.45, 7) is 0. The average Bonchev–Trinajstić information content (AvgIpc) is 0. The molecule has 0 aliphatic rings. The molecule has 0 N–H and O–H groups in total. The summed E-state index contributed by atoms with van der Waals surface area (Å²) in [5.74, 6) is 0. The molecule has 0 aliphatic heterocycles. The van der Waals surface area contributed by atoms with Crippen molar-refractivity contribution in [1.82, 2.24) is 0 Å². The first kappa shape index (κ1) is 26.1. The summed E-state index contributed by atoms with van der Waals surface area (Å²) in [5, 5.41) is 0. The van der Waals surface area contributed by atoms with Gasteiger partial charge in [0.05, 0.1) is 0 Å². The molecule has 0 aromatic heterocycles. The van der Waals surface area contributed by atoms with Crippen LogP contribution in [0.25, 0.3) is 0 Å². The molecule has 0 unspecified atom stereocenters. The van der Waals surface area contributed by atoms with Crippen LogP contribution in [-0.2, 0) is 0 Å². The van der Waals surface area contributed by atoms with Gasteiger partial charge >= 0.3 is 86.6 Å². The summed E-state index contributed by atoms with van der Waals surface area (Å²) in [6.07, 6.45) is 0. The Labute approximate surface area is 109 Å². The minimum absolute atomic E-state index is 0.